The second-order valence-electron chi connectivity index (χ2n) is 5.26. The van der Waals surface area contributed by atoms with Crippen LogP contribution in [0.4, 0.5) is 11.5 Å². The fourth-order valence-electron chi connectivity index (χ4n) is 2.01. The van der Waals surface area contributed by atoms with E-state index < -0.39 is 18.0 Å². The Labute approximate surface area is 155 Å². The van der Waals surface area contributed by atoms with Gasteiger partial charge in [0.1, 0.15) is 11.4 Å². The predicted octanol–water partition coefficient (Wildman–Crippen LogP) is 3.92. The van der Waals surface area contributed by atoms with Crippen molar-refractivity contribution < 1.29 is 14.3 Å². The molecule has 2 rings (SSSR count). The molecular formula is C17H17Cl2N3O3. The number of hydrogen-bond donors (Lipinski definition) is 2. The normalized spacial score (nSPS) is 11.6. The topological polar surface area (TPSA) is 80.3 Å². The number of carbonyl (C=O) groups is 2. The van der Waals surface area contributed by atoms with Gasteiger partial charge in [-0.2, -0.15) is 0 Å². The second-order valence-corrected chi connectivity index (χ2v) is 6.10. The Kier molecular flexibility index (Phi) is 6.22. The maximum Gasteiger partial charge on any atom is 0.342 e. The van der Waals surface area contributed by atoms with E-state index in [4.69, 9.17) is 27.9 Å². The number of aryl methyl sites for hydroxylation is 1. The van der Waals surface area contributed by atoms with Crippen LogP contribution in [0.1, 0.15) is 23.0 Å². The Balaban J connectivity index is 2.07. The molecule has 1 heterocycles. The highest BCUT2D eigenvalue weighted by Crippen LogP contribution is 2.25. The van der Waals surface area contributed by atoms with Crippen LogP contribution in [0.3, 0.4) is 0 Å². The minimum atomic E-state index is -1.02. The highest BCUT2D eigenvalue weighted by Gasteiger charge is 2.22. The molecule has 0 bridgehead atoms. The van der Waals surface area contributed by atoms with Gasteiger partial charge in [-0.1, -0.05) is 23.2 Å². The first-order valence-corrected chi connectivity index (χ1v) is 8.19. The zero-order valence-electron chi connectivity index (χ0n) is 13.9. The van der Waals surface area contributed by atoms with E-state index in [1.807, 2.05) is 6.92 Å². The van der Waals surface area contributed by atoms with E-state index in [-0.39, 0.29) is 5.56 Å². The molecule has 1 amide bonds. The standard InChI is InChI=1S/C17H17Cl2N3O3/c1-9-4-6-12(15(20-3)21-9)17(24)25-10(2)16(23)22-14-7-5-11(18)8-13(14)19/h4-8,10H,1-3H3,(H,20,21)(H,22,23)/t10-/m1/s1. The summed E-state index contributed by atoms with van der Waals surface area (Å²) in [7, 11) is 1.65. The summed E-state index contributed by atoms with van der Waals surface area (Å²) in [6, 6.07) is 7.95. The molecule has 8 heteroatoms. The molecule has 6 nitrogen and oxygen atoms in total. The summed E-state index contributed by atoms with van der Waals surface area (Å²) in [4.78, 5) is 28.7. The summed E-state index contributed by atoms with van der Waals surface area (Å²) in [5, 5.41) is 6.17. The number of esters is 1. The zero-order chi connectivity index (χ0) is 18.6. The number of anilines is 2. The van der Waals surface area contributed by atoms with Crippen molar-refractivity contribution in [1.29, 1.82) is 0 Å². The van der Waals surface area contributed by atoms with Crippen molar-refractivity contribution in [3.05, 3.63) is 51.6 Å². The summed E-state index contributed by atoms with van der Waals surface area (Å²) >= 11 is 11.8. The molecular weight excluding hydrogens is 365 g/mol. The minimum absolute atomic E-state index is 0.247. The molecule has 1 aromatic heterocycles. The van der Waals surface area contributed by atoms with Gasteiger partial charge in [0.25, 0.3) is 5.91 Å². The lowest BCUT2D eigenvalue weighted by Crippen LogP contribution is -2.30. The van der Waals surface area contributed by atoms with Crippen LogP contribution in [0.2, 0.25) is 10.0 Å². The molecule has 2 aromatic rings. The maximum absolute atomic E-state index is 12.3. The number of benzene rings is 1. The van der Waals surface area contributed by atoms with Crippen LogP contribution in [-0.2, 0) is 9.53 Å². The molecule has 0 aliphatic heterocycles. The van der Waals surface area contributed by atoms with E-state index >= 15 is 0 Å². The highest BCUT2D eigenvalue weighted by atomic mass is 35.5. The number of amides is 1. The number of aromatic nitrogens is 1. The smallest absolute Gasteiger partial charge is 0.342 e. The number of halogens is 2. The molecule has 1 aromatic carbocycles. The van der Waals surface area contributed by atoms with Gasteiger partial charge in [0.05, 0.1) is 10.7 Å². The van der Waals surface area contributed by atoms with Crippen LogP contribution in [0.5, 0.6) is 0 Å². The Morgan fingerprint density at radius 3 is 2.56 bits per heavy atom. The van der Waals surface area contributed by atoms with Gasteiger partial charge in [-0.25, -0.2) is 9.78 Å². The fourth-order valence-corrected chi connectivity index (χ4v) is 2.47. The third kappa shape index (κ3) is 4.84. The molecule has 0 saturated carbocycles. The lowest BCUT2D eigenvalue weighted by Gasteiger charge is -2.15. The Morgan fingerprint density at radius 1 is 1.20 bits per heavy atom. The Bertz CT molecular complexity index is 812. The lowest BCUT2D eigenvalue weighted by molar-refractivity contribution is -0.123. The second kappa shape index (κ2) is 8.18. The van der Waals surface area contributed by atoms with Crippen molar-refractivity contribution in [2.45, 2.75) is 20.0 Å². The van der Waals surface area contributed by atoms with Crippen molar-refractivity contribution in [1.82, 2.24) is 4.98 Å². The quantitative estimate of drug-likeness (QED) is 0.767. The maximum atomic E-state index is 12.3. The van der Waals surface area contributed by atoms with Gasteiger partial charge in [0.2, 0.25) is 0 Å². The van der Waals surface area contributed by atoms with Crippen LogP contribution in [0, 0.1) is 6.92 Å². The predicted molar refractivity (Wildman–Crippen MR) is 98.5 cm³/mol. The Morgan fingerprint density at radius 2 is 1.92 bits per heavy atom. The monoisotopic (exact) mass is 381 g/mol. The third-order valence-electron chi connectivity index (χ3n) is 3.33. The Hall–Kier alpha value is -2.31. The van der Waals surface area contributed by atoms with Crippen LogP contribution in [0.15, 0.2) is 30.3 Å². The van der Waals surface area contributed by atoms with Gasteiger partial charge >= 0.3 is 5.97 Å². The molecule has 0 unspecified atom stereocenters. The molecule has 25 heavy (non-hydrogen) atoms. The van der Waals surface area contributed by atoms with Crippen molar-refractivity contribution in [2.75, 3.05) is 17.7 Å². The number of hydrogen-bond acceptors (Lipinski definition) is 5. The van der Waals surface area contributed by atoms with E-state index in [9.17, 15) is 9.59 Å². The summed E-state index contributed by atoms with van der Waals surface area (Å²) < 4.78 is 5.22. The number of nitrogens with one attached hydrogen (secondary N) is 2. The number of pyridine rings is 1. The van der Waals surface area contributed by atoms with Gasteiger partial charge in [0, 0.05) is 17.8 Å². The van der Waals surface area contributed by atoms with E-state index in [1.54, 1.807) is 31.3 Å². The molecule has 0 saturated heterocycles. The van der Waals surface area contributed by atoms with Crippen LogP contribution >= 0.6 is 23.2 Å². The van der Waals surface area contributed by atoms with Crippen molar-refractivity contribution in [2.24, 2.45) is 0 Å². The summed E-state index contributed by atoms with van der Waals surface area (Å²) in [5.41, 5.74) is 1.38. The molecule has 0 spiro atoms. The SMILES string of the molecule is CNc1nc(C)ccc1C(=O)O[C@H](C)C(=O)Nc1ccc(Cl)cc1Cl. The fraction of sp³-hybridized carbons (Fsp3) is 0.235. The molecule has 0 aliphatic rings. The lowest BCUT2D eigenvalue weighted by atomic mass is 10.2. The van der Waals surface area contributed by atoms with Gasteiger partial charge in [0.15, 0.2) is 6.10 Å². The number of nitrogens with zero attached hydrogens (tertiary/aromatic N) is 1. The third-order valence-corrected chi connectivity index (χ3v) is 3.88. The first kappa shape index (κ1) is 19.0. The number of rotatable bonds is 5. The van der Waals surface area contributed by atoms with Crippen LogP contribution < -0.4 is 10.6 Å². The van der Waals surface area contributed by atoms with E-state index in [1.165, 1.54) is 13.0 Å². The van der Waals surface area contributed by atoms with E-state index in [0.717, 1.165) is 5.69 Å². The van der Waals surface area contributed by atoms with Crippen LogP contribution in [-0.4, -0.2) is 30.0 Å². The first-order chi connectivity index (χ1) is 11.8. The van der Waals surface area contributed by atoms with Crippen molar-refractivity contribution in [3.63, 3.8) is 0 Å². The number of ether oxygens (including phenoxy) is 1. The summed E-state index contributed by atoms with van der Waals surface area (Å²) in [6.45, 7) is 3.28. The molecule has 0 aliphatic carbocycles. The van der Waals surface area contributed by atoms with Crippen molar-refractivity contribution in [3.8, 4) is 0 Å². The average molecular weight is 382 g/mol. The minimum Gasteiger partial charge on any atom is -0.449 e. The largest absolute Gasteiger partial charge is 0.449 e. The molecule has 1 atom stereocenters. The summed E-state index contributed by atoms with van der Waals surface area (Å²) in [5.74, 6) is -0.774. The molecule has 2 N–H and O–H groups in total. The van der Waals surface area contributed by atoms with Gasteiger partial charge in [-0.15, -0.1) is 0 Å². The van der Waals surface area contributed by atoms with Crippen molar-refractivity contribution >= 4 is 46.6 Å². The summed E-state index contributed by atoms with van der Waals surface area (Å²) in [6.07, 6.45) is -1.02. The van der Waals surface area contributed by atoms with Gasteiger partial charge < -0.3 is 15.4 Å². The molecule has 132 valence electrons. The molecule has 0 radical (unpaired) electrons. The van der Waals surface area contributed by atoms with Crippen LogP contribution in [0.25, 0.3) is 0 Å². The number of carbonyl (C=O) groups excluding carboxylic acids is 2. The average Bonchev–Trinajstić information content (AvgIpc) is 2.56. The first-order valence-electron chi connectivity index (χ1n) is 7.44. The van der Waals surface area contributed by atoms with Gasteiger partial charge in [-0.05, 0) is 44.2 Å². The molecule has 0 fully saturated rings. The highest BCUT2D eigenvalue weighted by molar-refractivity contribution is 6.36. The van der Waals surface area contributed by atoms with E-state index in [0.29, 0.717) is 21.6 Å². The zero-order valence-corrected chi connectivity index (χ0v) is 15.4. The van der Waals surface area contributed by atoms with Gasteiger partial charge in [-0.3, -0.25) is 4.79 Å². The van der Waals surface area contributed by atoms with E-state index in [2.05, 4.69) is 15.6 Å².